The van der Waals surface area contributed by atoms with Gasteiger partial charge in [-0.05, 0) is 40.5 Å². The third kappa shape index (κ3) is 3.69. The highest BCUT2D eigenvalue weighted by Gasteiger charge is 2.06. The largest absolute Gasteiger partial charge is 0.339 e. The second-order valence-electron chi connectivity index (χ2n) is 4.17. The summed E-state index contributed by atoms with van der Waals surface area (Å²) in [6.45, 7) is 2.08. The first kappa shape index (κ1) is 14.8. The average Bonchev–Trinajstić information content (AvgIpc) is 2.41. The van der Waals surface area contributed by atoms with E-state index in [1.807, 2.05) is 6.07 Å². The van der Waals surface area contributed by atoms with Crippen LogP contribution in [0.15, 0.2) is 28.9 Å². The first-order chi connectivity index (χ1) is 9.62. The third-order valence-corrected chi connectivity index (χ3v) is 3.29. The molecule has 0 bridgehead atoms. The monoisotopic (exact) mass is 350 g/mol. The molecule has 1 aromatic heterocycles. The predicted octanol–water partition coefficient (Wildman–Crippen LogP) is 4.46. The van der Waals surface area contributed by atoms with E-state index in [0.717, 1.165) is 23.3 Å². The smallest absolute Gasteiger partial charge is 0.135 e. The van der Waals surface area contributed by atoms with Crippen LogP contribution < -0.4 is 5.32 Å². The van der Waals surface area contributed by atoms with Crippen molar-refractivity contribution in [1.82, 2.24) is 9.97 Å². The number of nitrogens with one attached hydrogen (secondary N) is 1. The Morgan fingerprint density at radius 2 is 2.15 bits per heavy atom. The van der Waals surface area contributed by atoms with Crippen molar-refractivity contribution in [1.29, 1.82) is 5.26 Å². The Kier molecular flexibility index (Phi) is 4.94. The van der Waals surface area contributed by atoms with Crippen LogP contribution in [0, 0.1) is 11.3 Å². The molecule has 0 spiro atoms. The van der Waals surface area contributed by atoms with Crippen molar-refractivity contribution in [3.8, 4) is 6.07 Å². The zero-order chi connectivity index (χ0) is 14.5. The van der Waals surface area contributed by atoms with Crippen molar-refractivity contribution in [2.75, 3.05) is 5.32 Å². The molecule has 0 fully saturated rings. The lowest BCUT2D eigenvalue weighted by Crippen LogP contribution is -2.01. The van der Waals surface area contributed by atoms with Crippen LogP contribution in [0.2, 0.25) is 5.02 Å². The Morgan fingerprint density at radius 3 is 2.80 bits per heavy atom. The van der Waals surface area contributed by atoms with Gasteiger partial charge in [0.25, 0.3) is 0 Å². The number of benzene rings is 1. The number of nitriles is 1. The van der Waals surface area contributed by atoms with Gasteiger partial charge in [-0.25, -0.2) is 9.97 Å². The van der Waals surface area contributed by atoms with Crippen LogP contribution in [-0.4, -0.2) is 9.97 Å². The predicted molar refractivity (Wildman–Crippen MR) is 83.2 cm³/mol. The molecule has 1 aromatic carbocycles. The van der Waals surface area contributed by atoms with Gasteiger partial charge in [0, 0.05) is 12.5 Å². The Morgan fingerprint density at radius 1 is 1.35 bits per heavy atom. The summed E-state index contributed by atoms with van der Waals surface area (Å²) in [7, 11) is 0. The highest BCUT2D eigenvalue weighted by atomic mass is 79.9. The molecule has 0 aliphatic carbocycles. The van der Waals surface area contributed by atoms with Gasteiger partial charge in [-0.1, -0.05) is 18.5 Å². The number of hydrogen-bond acceptors (Lipinski definition) is 4. The molecule has 0 radical (unpaired) electrons. The normalized spacial score (nSPS) is 10.1. The summed E-state index contributed by atoms with van der Waals surface area (Å²) >= 11 is 9.50. The Hall–Kier alpha value is -1.64. The van der Waals surface area contributed by atoms with E-state index < -0.39 is 0 Å². The summed E-state index contributed by atoms with van der Waals surface area (Å²) in [6.07, 6.45) is 1.79. The van der Waals surface area contributed by atoms with Gasteiger partial charge >= 0.3 is 0 Å². The van der Waals surface area contributed by atoms with Crippen LogP contribution in [-0.2, 0) is 6.42 Å². The molecule has 0 aliphatic heterocycles. The Balaban J connectivity index is 2.28. The number of aryl methyl sites for hydroxylation is 1. The Labute approximate surface area is 131 Å². The average molecular weight is 352 g/mol. The molecule has 2 rings (SSSR count). The fraction of sp³-hybridized carbons (Fsp3) is 0.214. The van der Waals surface area contributed by atoms with Gasteiger partial charge in [0.05, 0.1) is 22.3 Å². The fourth-order valence-corrected chi connectivity index (χ4v) is 2.34. The van der Waals surface area contributed by atoms with E-state index in [1.165, 1.54) is 0 Å². The zero-order valence-corrected chi connectivity index (χ0v) is 13.2. The number of anilines is 2. The maximum atomic E-state index is 8.82. The summed E-state index contributed by atoms with van der Waals surface area (Å²) in [5, 5.41) is 12.4. The molecule has 20 heavy (non-hydrogen) atoms. The molecular weight excluding hydrogens is 340 g/mol. The van der Waals surface area contributed by atoms with Gasteiger partial charge in [-0.3, -0.25) is 0 Å². The van der Waals surface area contributed by atoms with Gasteiger partial charge in [-0.15, -0.1) is 0 Å². The minimum atomic E-state index is 0.482. The van der Waals surface area contributed by atoms with Crippen LogP contribution in [0.3, 0.4) is 0 Å². The second kappa shape index (κ2) is 6.69. The van der Waals surface area contributed by atoms with E-state index in [-0.39, 0.29) is 0 Å². The molecule has 0 aliphatic rings. The third-order valence-electron chi connectivity index (χ3n) is 2.58. The van der Waals surface area contributed by atoms with Gasteiger partial charge in [0.1, 0.15) is 16.2 Å². The zero-order valence-electron chi connectivity index (χ0n) is 10.8. The van der Waals surface area contributed by atoms with E-state index in [9.17, 15) is 0 Å². The molecule has 2 aromatic rings. The summed E-state index contributed by atoms with van der Waals surface area (Å²) in [6, 6.07) is 8.92. The van der Waals surface area contributed by atoms with Crippen molar-refractivity contribution in [2.45, 2.75) is 19.8 Å². The standard InChI is InChI=1S/C14H12BrClN4/c1-2-3-13-19-12(15)7-14(20-13)18-11-5-4-9(8-17)6-10(11)16/h4-7H,2-3H2,1H3,(H,18,19,20). The molecule has 1 N–H and O–H groups in total. The second-order valence-corrected chi connectivity index (χ2v) is 5.39. The van der Waals surface area contributed by atoms with Crippen molar-refractivity contribution in [2.24, 2.45) is 0 Å². The van der Waals surface area contributed by atoms with Crippen molar-refractivity contribution in [3.05, 3.63) is 45.3 Å². The van der Waals surface area contributed by atoms with E-state index in [0.29, 0.717) is 22.1 Å². The van der Waals surface area contributed by atoms with Crippen LogP contribution in [0.5, 0.6) is 0 Å². The highest BCUT2D eigenvalue weighted by Crippen LogP contribution is 2.26. The van der Waals surface area contributed by atoms with Gasteiger partial charge in [0.15, 0.2) is 0 Å². The van der Waals surface area contributed by atoms with Gasteiger partial charge in [0.2, 0.25) is 0 Å². The molecule has 0 atom stereocenters. The summed E-state index contributed by atoms with van der Waals surface area (Å²) in [5.74, 6) is 1.44. The lowest BCUT2D eigenvalue weighted by atomic mass is 10.2. The molecule has 102 valence electrons. The van der Waals surface area contributed by atoms with E-state index in [1.54, 1.807) is 24.3 Å². The number of nitrogens with zero attached hydrogens (tertiary/aromatic N) is 3. The maximum absolute atomic E-state index is 8.82. The van der Waals surface area contributed by atoms with E-state index in [2.05, 4.69) is 38.1 Å². The SMILES string of the molecule is CCCc1nc(Br)cc(Nc2ccc(C#N)cc2Cl)n1. The maximum Gasteiger partial charge on any atom is 0.135 e. The van der Waals surface area contributed by atoms with Crippen LogP contribution in [0.1, 0.15) is 24.7 Å². The molecule has 4 nitrogen and oxygen atoms in total. The lowest BCUT2D eigenvalue weighted by Gasteiger charge is -2.09. The summed E-state index contributed by atoms with van der Waals surface area (Å²) in [4.78, 5) is 8.73. The number of hydrogen-bond donors (Lipinski definition) is 1. The van der Waals surface area contributed by atoms with E-state index >= 15 is 0 Å². The van der Waals surface area contributed by atoms with E-state index in [4.69, 9.17) is 16.9 Å². The Bertz CT molecular complexity index is 667. The van der Waals surface area contributed by atoms with Crippen LogP contribution in [0.4, 0.5) is 11.5 Å². The van der Waals surface area contributed by atoms with Crippen LogP contribution in [0.25, 0.3) is 0 Å². The molecule has 1 heterocycles. The number of rotatable bonds is 4. The molecule has 0 saturated heterocycles. The topological polar surface area (TPSA) is 61.6 Å². The quantitative estimate of drug-likeness (QED) is 0.826. The highest BCUT2D eigenvalue weighted by molar-refractivity contribution is 9.10. The fourth-order valence-electron chi connectivity index (χ4n) is 1.69. The molecular formula is C14H12BrClN4. The molecule has 0 unspecified atom stereocenters. The summed E-state index contributed by atoms with van der Waals surface area (Å²) in [5.41, 5.74) is 1.23. The lowest BCUT2D eigenvalue weighted by molar-refractivity contribution is 0.831. The van der Waals surface area contributed by atoms with Gasteiger partial charge in [-0.2, -0.15) is 5.26 Å². The van der Waals surface area contributed by atoms with Crippen molar-refractivity contribution in [3.63, 3.8) is 0 Å². The first-order valence-corrected chi connectivity index (χ1v) is 7.29. The minimum absolute atomic E-state index is 0.482. The van der Waals surface area contributed by atoms with Gasteiger partial charge < -0.3 is 5.32 Å². The first-order valence-electron chi connectivity index (χ1n) is 6.12. The van der Waals surface area contributed by atoms with Crippen molar-refractivity contribution >= 4 is 39.0 Å². The summed E-state index contributed by atoms with van der Waals surface area (Å²) < 4.78 is 0.725. The molecule has 6 heteroatoms. The van der Waals surface area contributed by atoms with Crippen LogP contribution >= 0.6 is 27.5 Å². The number of halogens is 2. The minimum Gasteiger partial charge on any atom is -0.339 e. The molecule has 0 saturated carbocycles. The van der Waals surface area contributed by atoms with Crippen molar-refractivity contribution < 1.29 is 0 Å². The molecule has 0 amide bonds. The number of aromatic nitrogens is 2.